The number of hydrogen-bond acceptors (Lipinski definition) is 3. The van der Waals surface area contributed by atoms with E-state index < -0.39 is 11.5 Å². The molecule has 0 radical (unpaired) electrons. The van der Waals surface area contributed by atoms with Gasteiger partial charge in [0.1, 0.15) is 6.10 Å². The minimum atomic E-state index is -0.468. The third-order valence-electron chi connectivity index (χ3n) is 2.45. The quantitative estimate of drug-likeness (QED) is 0.708. The Morgan fingerprint density at radius 1 is 1.33 bits per heavy atom. The normalized spacial score (nSPS) is 27.0. The van der Waals surface area contributed by atoms with Gasteiger partial charge in [-0.2, -0.15) is 0 Å². The average Bonchev–Trinajstić information content (AvgIpc) is 2.79. The van der Waals surface area contributed by atoms with Gasteiger partial charge in [-0.3, -0.25) is 9.59 Å². The van der Waals surface area contributed by atoms with Crippen molar-refractivity contribution < 1.29 is 14.3 Å². The molecule has 1 saturated heterocycles. The van der Waals surface area contributed by atoms with Crippen LogP contribution in [0.4, 0.5) is 0 Å². The number of carbonyl (C=O) groups excluding carboxylic acids is 2. The minimum Gasteiger partial charge on any atom is -0.361 e. The number of ether oxygens (including phenoxy) is 1. The van der Waals surface area contributed by atoms with Crippen molar-refractivity contribution in [2.45, 2.75) is 52.9 Å². The van der Waals surface area contributed by atoms with E-state index in [0.29, 0.717) is 0 Å². The number of amides is 1. The first-order valence-corrected chi connectivity index (χ1v) is 5.23. The molecule has 86 valence electrons. The van der Waals surface area contributed by atoms with Crippen LogP contribution in [0.15, 0.2) is 0 Å². The van der Waals surface area contributed by atoms with E-state index in [2.05, 4.69) is 5.32 Å². The fourth-order valence-electron chi connectivity index (χ4n) is 1.21. The number of hydrogen-bond donors (Lipinski definition) is 1. The zero-order valence-electron chi connectivity index (χ0n) is 9.96. The zero-order chi connectivity index (χ0) is 11.8. The van der Waals surface area contributed by atoms with Crippen LogP contribution >= 0.6 is 0 Å². The highest BCUT2D eigenvalue weighted by atomic mass is 16.6. The second-order valence-corrected chi connectivity index (χ2v) is 5.11. The average molecular weight is 213 g/mol. The van der Waals surface area contributed by atoms with Gasteiger partial charge in [0, 0.05) is 5.41 Å². The molecule has 3 atom stereocenters. The first-order valence-electron chi connectivity index (χ1n) is 5.23. The number of Topliss-reactive ketones (excluding diaryl/α,β-unsaturated/α-hetero) is 1. The Morgan fingerprint density at radius 3 is 2.13 bits per heavy atom. The third-order valence-corrected chi connectivity index (χ3v) is 2.45. The van der Waals surface area contributed by atoms with Crippen LogP contribution in [0, 0.1) is 5.41 Å². The van der Waals surface area contributed by atoms with Gasteiger partial charge in [-0.05, 0) is 13.8 Å². The summed E-state index contributed by atoms with van der Waals surface area (Å²) >= 11 is 0. The molecule has 1 rings (SSSR count). The van der Waals surface area contributed by atoms with Crippen molar-refractivity contribution >= 4 is 11.7 Å². The van der Waals surface area contributed by atoms with Crippen molar-refractivity contribution in [1.29, 1.82) is 0 Å². The Morgan fingerprint density at radius 2 is 1.80 bits per heavy atom. The van der Waals surface area contributed by atoms with Gasteiger partial charge in [-0.15, -0.1) is 0 Å². The van der Waals surface area contributed by atoms with Crippen LogP contribution in [0.2, 0.25) is 0 Å². The molecule has 4 nitrogen and oxygen atoms in total. The van der Waals surface area contributed by atoms with Crippen molar-refractivity contribution in [3.8, 4) is 0 Å². The van der Waals surface area contributed by atoms with Crippen LogP contribution in [-0.2, 0) is 14.3 Å². The van der Waals surface area contributed by atoms with Gasteiger partial charge in [0.15, 0.2) is 5.78 Å². The molecule has 2 unspecified atom stereocenters. The van der Waals surface area contributed by atoms with Crippen LogP contribution in [0.3, 0.4) is 0 Å². The van der Waals surface area contributed by atoms with Gasteiger partial charge in [-0.1, -0.05) is 20.8 Å². The molecule has 4 heteroatoms. The molecule has 1 fully saturated rings. The maximum atomic E-state index is 11.6. The lowest BCUT2D eigenvalue weighted by atomic mass is 9.95. The molecule has 0 aromatic heterocycles. The first-order chi connectivity index (χ1) is 6.73. The predicted molar refractivity (Wildman–Crippen MR) is 56.4 cm³/mol. The van der Waals surface area contributed by atoms with Crippen LogP contribution in [0.25, 0.3) is 0 Å². The van der Waals surface area contributed by atoms with Gasteiger partial charge in [-0.25, -0.2) is 0 Å². The van der Waals surface area contributed by atoms with Crippen molar-refractivity contribution in [3.05, 3.63) is 0 Å². The van der Waals surface area contributed by atoms with E-state index in [-0.39, 0.29) is 23.9 Å². The molecule has 1 heterocycles. The van der Waals surface area contributed by atoms with Crippen molar-refractivity contribution in [3.63, 3.8) is 0 Å². The van der Waals surface area contributed by atoms with E-state index in [1.54, 1.807) is 6.92 Å². The minimum absolute atomic E-state index is 0.00601. The summed E-state index contributed by atoms with van der Waals surface area (Å²) < 4.78 is 5.07. The molecule has 1 aliphatic heterocycles. The maximum Gasteiger partial charge on any atom is 0.225 e. The van der Waals surface area contributed by atoms with Gasteiger partial charge >= 0.3 is 0 Å². The lowest BCUT2D eigenvalue weighted by Gasteiger charge is -2.20. The molecular formula is C11H19NO3. The molecule has 0 saturated carbocycles. The van der Waals surface area contributed by atoms with E-state index in [4.69, 9.17) is 4.74 Å². The Balaban J connectivity index is 2.45. The first kappa shape index (κ1) is 12.2. The van der Waals surface area contributed by atoms with Crippen LogP contribution < -0.4 is 5.32 Å². The van der Waals surface area contributed by atoms with E-state index in [0.717, 1.165) is 0 Å². The molecule has 15 heavy (non-hydrogen) atoms. The summed E-state index contributed by atoms with van der Waals surface area (Å²) in [5, 5.41) is 2.69. The van der Waals surface area contributed by atoms with E-state index in [9.17, 15) is 9.59 Å². The Labute approximate surface area is 90.4 Å². The topological polar surface area (TPSA) is 58.7 Å². The van der Waals surface area contributed by atoms with E-state index in [1.165, 1.54) is 0 Å². The molecule has 1 N–H and O–H groups in total. The van der Waals surface area contributed by atoms with Crippen LogP contribution in [0.5, 0.6) is 0 Å². The highest BCUT2D eigenvalue weighted by Gasteiger charge is 2.43. The summed E-state index contributed by atoms with van der Waals surface area (Å²) in [7, 11) is 0. The second kappa shape index (κ2) is 3.93. The van der Waals surface area contributed by atoms with E-state index >= 15 is 0 Å². The Hall–Kier alpha value is -0.900. The molecule has 0 aliphatic carbocycles. The fourth-order valence-corrected chi connectivity index (χ4v) is 1.21. The van der Waals surface area contributed by atoms with E-state index in [1.807, 2.05) is 27.7 Å². The monoisotopic (exact) mass is 213 g/mol. The van der Waals surface area contributed by atoms with Crippen molar-refractivity contribution in [1.82, 2.24) is 5.32 Å². The number of ketones is 1. The van der Waals surface area contributed by atoms with Crippen molar-refractivity contribution in [2.75, 3.05) is 0 Å². The second-order valence-electron chi connectivity index (χ2n) is 5.11. The van der Waals surface area contributed by atoms with Crippen LogP contribution in [0.1, 0.15) is 34.6 Å². The lowest BCUT2D eigenvalue weighted by Crippen LogP contribution is -2.45. The van der Waals surface area contributed by atoms with Crippen molar-refractivity contribution in [2.24, 2.45) is 5.41 Å². The predicted octanol–water partition coefficient (Wildman–Crippen LogP) is 0.894. The number of carbonyl (C=O) groups is 2. The molecule has 0 aromatic carbocycles. The van der Waals surface area contributed by atoms with Gasteiger partial charge in [0.2, 0.25) is 5.91 Å². The summed E-state index contributed by atoms with van der Waals surface area (Å²) in [5.41, 5.74) is -0.468. The highest BCUT2D eigenvalue weighted by molar-refractivity contribution is 5.94. The summed E-state index contributed by atoms with van der Waals surface area (Å²) in [5.74, 6) is -0.156. The maximum absolute atomic E-state index is 11.6. The van der Waals surface area contributed by atoms with Gasteiger partial charge in [0.25, 0.3) is 0 Å². The molecule has 1 amide bonds. The molecule has 0 aromatic rings. The SMILES string of the molecule is CC1OC1C(=O)[C@H](C)NC(=O)C(C)(C)C. The third kappa shape index (κ3) is 3.02. The molecule has 0 spiro atoms. The van der Waals surface area contributed by atoms with Gasteiger partial charge in [0.05, 0.1) is 12.1 Å². The Bertz CT molecular complexity index is 280. The lowest BCUT2D eigenvalue weighted by molar-refractivity contribution is -0.132. The fraction of sp³-hybridized carbons (Fsp3) is 0.818. The number of epoxide rings is 1. The smallest absolute Gasteiger partial charge is 0.225 e. The zero-order valence-corrected chi connectivity index (χ0v) is 9.96. The summed E-state index contributed by atoms with van der Waals surface area (Å²) in [6.45, 7) is 8.99. The number of rotatable bonds is 3. The largest absolute Gasteiger partial charge is 0.361 e. The molecule has 1 aliphatic rings. The summed E-state index contributed by atoms with van der Waals surface area (Å²) in [6.07, 6.45) is -0.313. The highest BCUT2D eigenvalue weighted by Crippen LogP contribution is 2.23. The number of nitrogens with one attached hydrogen (secondary N) is 1. The van der Waals surface area contributed by atoms with Gasteiger partial charge < -0.3 is 10.1 Å². The summed E-state index contributed by atoms with van der Waals surface area (Å²) in [4.78, 5) is 23.2. The summed E-state index contributed by atoms with van der Waals surface area (Å²) in [6, 6.07) is -0.466. The van der Waals surface area contributed by atoms with Crippen LogP contribution in [-0.4, -0.2) is 29.9 Å². The standard InChI is InChI=1S/C11H19NO3/c1-6(8(13)9-7(2)15-9)12-10(14)11(3,4)5/h6-7,9H,1-5H3,(H,12,14)/t6-,7?,9?/m0/s1. The Kier molecular flexibility index (Phi) is 3.19. The molecule has 0 bridgehead atoms. The molecular weight excluding hydrogens is 194 g/mol.